The lowest BCUT2D eigenvalue weighted by atomic mass is 9.95. The predicted octanol–water partition coefficient (Wildman–Crippen LogP) is 3.81. The highest BCUT2D eigenvalue weighted by Crippen LogP contribution is 2.17. The number of nitrogens with one attached hydrogen (secondary N) is 1. The lowest BCUT2D eigenvalue weighted by molar-refractivity contribution is 0.364. The first-order valence-corrected chi connectivity index (χ1v) is 7.93. The maximum Gasteiger partial charge on any atom is 0.0640 e. The molecular formula is C16H31N3. The van der Waals surface area contributed by atoms with Gasteiger partial charge in [-0.15, -0.1) is 0 Å². The molecule has 0 aromatic carbocycles. The van der Waals surface area contributed by atoms with Crippen molar-refractivity contribution in [2.45, 2.75) is 72.4 Å². The first kappa shape index (κ1) is 16.2. The SMILES string of the molecule is CCNC(Cc1ccn(C(CC)CC)n1)C(C)CC. The second-order valence-electron chi connectivity index (χ2n) is 5.51. The molecule has 0 saturated heterocycles. The second kappa shape index (κ2) is 8.36. The molecule has 0 fully saturated rings. The van der Waals surface area contributed by atoms with Crippen LogP contribution in [0.15, 0.2) is 12.3 Å². The van der Waals surface area contributed by atoms with Crippen LogP contribution < -0.4 is 5.32 Å². The van der Waals surface area contributed by atoms with Crippen LogP contribution in [0.4, 0.5) is 0 Å². The molecule has 1 aromatic rings. The fraction of sp³-hybridized carbons (Fsp3) is 0.812. The Hall–Kier alpha value is -0.830. The van der Waals surface area contributed by atoms with E-state index in [9.17, 15) is 0 Å². The Morgan fingerprint density at radius 1 is 1.16 bits per heavy atom. The summed E-state index contributed by atoms with van der Waals surface area (Å²) in [5.41, 5.74) is 1.22. The van der Waals surface area contributed by atoms with E-state index < -0.39 is 0 Å². The van der Waals surface area contributed by atoms with Crippen molar-refractivity contribution in [3.63, 3.8) is 0 Å². The van der Waals surface area contributed by atoms with E-state index in [1.807, 2.05) is 0 Å². The van der Waals surface area contributed by atoms with Crippen molar-refractivity contribution in [2.75, 3.05) is 6.54 Å². The molecule has 1 aromatic heterocycles. The van der Waals surface area contributed by atoms with Gasteiger partial charge in [-0.3, -0.25) is 4.68 Å². The maximum atomic E-state index is 4.77. The molecule has 19 heavy (non-hydrogen) atoms. The summed E-state index contributed by atoms with van der Waals surface area (Å²) in [5, 5.41) is 8.37. The topological polar surface area (TPSA) is 29.9 Å². The van der Waals surface area contributed by atoms with Crippen LogP contribution in [0.5, 0.6) is 0 Å². The van der Waals surface area contributed by atoms with E-state index in [0.717, 1.165) is 25.8 Å². The number of aromatic nitrogens is 2. The van der Waals surface area contributed by atoms with Crippen LogP contribution in [0.25, 0.3) is 0 Å². The van der Waals surface area contributed by atoms with Gasteiger partial charge < -0.3 is 5.32 Å². The summed E-state index contributed by atoms with van der Waals surface area (Å²) >= 11 is 0. The Balaban J connectivity index is 2.69. The third-order valence-electron chi connectivity index (χ3n) is 4.21. The lowest BCUT2D eigenvalue weighted by Gasteiger charge is -2.23. The summed E-state index contributed by atoms with van der Waals surface area (Å²) in [4.78, 5) is 0. The third-order valence-corrected chi connectivity index (χ3v) is 4.21. The van der Waals surface area contributed by atoms with Gasteiger partial charge in [0.1, 0.15) is 0 Å². The van der Waals surface area contributed by atoms with Crippen LogP contribution in [-0.4, -0.2) is 22.4 Å². The monoisotopic (exact) mass is 265 g/mol. The summed E-state index contributed by atoms with van der Waals surface area (Å²) in [6.45, 7) is 12.3. The first-order valence-electron chi connectivity index (χ1n) is 7.93. The third kappa shape index (κ3) is 4.64. The Kier molecular flexibility index (Phi) is 7.14. The summed E-state index contributed by atoms with van der Waals surface area (Å²) in [6.07, 6.45) is 6.70. The zero-order valence-corrected chi connectivity index (χ0v) is 13.3. The minimum absolute atomic E-state index is 0.542. The van der Waals surface area contributed by atoms with Gasteiger partial charge in [0.2, 0.25) is 0 Å². The molecular weight excluding hydrogens is 234 g/mol. The largest absolute Gasteiger partial charge is 0.314 e. The van der Waals surface area contributed by atoms with Gasteiger partial charge in [0.25, 0.3) is 0 Å². The molecule has 0 aliphatic heterocycles. The van der Waals surface area contributed by atoms with Crippen molar-refractivity contribution < 1.29 is 0 Å². The van der Waals surface area contributed by atoms with Gasteiger partial charge in [-0.1, -0.05) is 41.0 Å². The highest BCUT2D eigenvalue weighted by Gasteiger charge is 2.17. The molecule has 0 spiro atoms. The van der Waals surface area contributed by atoms with Crippen molar-refractivity contribution in [1.29, 1.82) is 0 Å². The smallest absolute Gasteiger partial charge is 0.0640 e. The second-order valence-corrected chi connectivity index (χ2v) is 5.51. The molecule has 0 amide bonds. The van der Waals surface area contributed by atoms with Crippen molar-refractivity contribution in [1.82, 2.24) is 15.1 Å². The van der Waals surface area contributed by atoms with Crippen molar-refractivity contribution in [3.8, 4) is 0 Å². The van der Waals surface area contributed by atoms with Crippen molar-refractivity contribution in [2.24, 2.45) is 5.92 Å². The Bertz CT molecular complexity index is 342. The fourth-order valence-corrected chi connectivity index (χ4v) is 2.60. The predicted molar refractivity (Wildman–Crippen MR) is 82.5 cm³/mol. The molecule has 0 bridgehead atoms. The summed E-state index contributed by atoms with van der Waals surface area (Å²) in [6, 6.07) is 3.28. The zero-order chi connectivity index (χ0) is 14.3. The molecule has 110 valence electrons. The van der Waals surface area contributed by atoms with Crippen LogP contribution in [-0.2, 0) is 6.42 Å². The molecule has 1 N–H and O–H groups in total. The number of likely N-dealkylation sites (N-methyl/N-ethyl adjacent to an activating group) is 1. The molecule has 3 nitrogen and oxygen atoms in total. The summed E-state index contributed by atoms with van der Waals surface area (Å²) in [7, 11) is 0. The van der Waals surface area contributed by atoms with E-state index in [1.165, 1.54) is 12.1 Å². The zero-order valence-electron chi connectivity index (χ0n) is 13.3. The number of nitrogens with zero attached hydrogens (tertiary/aromatic N) is 2. The number of hydrogen-bond donors (Lipinski definition) is 1. The average Bonchev–Trinajstić information content (AvgIpc) is 2.87. The van der Waals surface area contributed by atoms with E-state index in [-0.39, 0.29) is 0 Å². The molecule has 2 unspecified atom stereocenters. The molecule has 0 saturated carbocycles. The lowest BCUT2D eigenvalue weighted by Crippen LogP contribution is -2.36. The molecule has 0 aliphatic rings. The van der Waals surface area contributed by atoms with Gasteiger partial charge >= 0.3 is 0 Å². The van der Waals surface area contributed by atoms with Gasteiger partial charge in [-0.25, -0.2) is 0 Å². The average molecular weight is 265 g/mol. The Morgan fingerprint density at radius 2 is 1.84 bits per heavy atom. The van der Waals surface area contributed by atoms with Gasteiger partial charge in [-0.2, -0.15) is 5.10 Å². The minimum atomic E-state index is 0.542. The minimum Gasteiger partial charge on any atom is -0.314 e. The highest BCUT2D eigenvalue weighted by molar-refractivity contribution is 5.03. The van der Waals surface area contributed by atoms with E-state index in [0.29, 0.717) is 18.0 Å². The van der Waals surface area contributed by atoms with Crippen LogP contribution in [0, 0.1) is 5.92 Å². The van der Waals surface area contributed by atoms with Crippen LogP contribution in [0.3, 0.4) is 0 Å². The normalized spacial score (nSPS) is 14.8. The van der Waals surface area contributed by atoms with Gasteiger partial charge in [-0.05, 0) is 31.4 Å². The standard InChI is InChI=1S/C16H31N3/c1-6-13(5)16(17-9-4)12-14-10-11-19(18-14)15(7-2)8-3/h10-11,13,15-17H,6-9,12H2,1-5H3. The van der Waals surface area contributed by atoms with Crippen LogP contribution >= 0.6 is 0 Å². The van der Waals surface area contributed by atoms with E-state index in [4.69, 9.17) is 5.10 Å². The molecule has 1 rings (SSSR count). The van der Waals surface area contributed by atoms with Gasteiger partial charge in [0.15, 0.2) is 0 Å². The molecule has 3 heteroatoms. The van der Waals surface area contributed by atoms with Crippen molar-refractivity contribution in [3.05, 3.63) is 18.0 Å². The number of hydrogen-bond acceptors (Lipinski definition) is 2. The van der Waals surface area contributed by atoms with E-state index in [1.54, 1.807) is 0 Å². The summed E-state index contributed by atoms with van der Waals surface area (Å²) < 4.78 is 2.15. The number of rotatable bonds is 9. The van der Waals surface area contributed by atoms with E-state index >= 15 is 0 Å². The first-order chi connectivity index (χ1) is 9.15. The summed E-state index contributed by atoms with van der Waals surface area (Å²) in [5.74, 6) is 0.693. The molecule has 0 aliphatic carbocycles. The van der Waals surface area contributed by atoms with Crippen molar-refractivity contribution >= 4 is 0 Å². The van der Waals surface area contributed by atoms with Crippen LogP contribution in [0.1, 0.15) is 65.6 Å². The fourth-order valence-electron chi connectivity index (χ4n) is 2.60. The quantitative estimate of drug-likeness (QED) is 0.736. The molecule has 2 atom stereocenters. The van der Waals surface area contributed by atoms with Crippen LogP contribution in [0.2, 0.25) is 0 Å². The van der Waals surface area contributed by atoms with E-state index in [2.05, 4.69) is 56.9 Å². The molecule has 0 radical (unpaired) electrons. The van der Waals surface area contributed by atoms with Gasteiger partial charge in [0, 0.05) is 18.7 Å². The highest BCUT2D eigenvalue weighted by atomic mass is 15.3. The molecule has 1 heterocycles. The maximum absolute atomic E-state index is 4.77. The Labute approximate surface area is 118 Å². The Morgan fingerprint density at radius 3 is 2.37 bits per heavy atom. The van der Waals surface area contributed by atoms with Gasteiger partial charge in [0.05, 0.1) is 11.7 Å².